The minimum absolute atomic E-state index is 0.181. The Morgan fingerprint density at radius 3 is 1.93 bits per heavy atom. The van der Waals surface area contributed by atoms with Crippen molar-refractivity contribution in [2.24, 2.45) is 0 Å². The summed E-state index contributed by atoms with van der Waals surface area (Å²) >= 11 is 1.78. The third kappa shape index (κ3) is 6.69. The predicted molar refractivity (Wildman–Crippen MR) is 125 cm³/mol. The van der Waals surface area contributed by atoms with Gasteiger partial charge in [0.2, 0.25) is 0 Å². The molecule has 3 rings (SSSR count). The number of benzene rings is 1. The molecule has 2 aliphatic heterocycles. The second-order valence-electron chi connectivity index (χ2n) is 7.83. The molecule has 166 valence electrons. The topological polar surface area (TPSA) is 24.9 Å². The number of hydrogen-bond acceptors (Lipinski definition) is 5. The third-order valence-corrected chi connectivity index (χ3v) is 6.47. The van der Waals surface area contributed by atoms with Gasteiger partial charge in [0.1, 0.15) is 5.82 Å². The first-order chi connectivity index (χ1) is 13.7. The molecular formula is C22H40BFN2O2S. The number of rotatable bonds is 4. The lowest BCUT2D eigenvalue weighted by Crippen LogP contribution is -2.43. The molecule has 0 saturated carbocycles. The summed E-state index contributed by atoms with van der Waals surface area (Å²) < 4.78 is 29.0. The maximum Gasteiger partial charge on any atom is 0.494 e. The van der Waals surface area contributed by atoms with Crippen LogP contribution in [0.25, 0.3) is 0 Å². The second-order valence-corrected chi connectivity index (χ2v) is 8.71. The highest BCUT2D eigenvalue weighted by molar-refractivity contribution is 7.96. The fourth-order valence-electron chi connectivity index (χ4n) is 3.13. The summed E-state index contributed by atoms with van der Waals surface area (Å²) in [6.07, 6.45) is 2.10. The summed E-state index contributed by atoms with van der Waals surface area (Å²) in [4.78, 5) is 2.31. The zero-order chi connectivity index (χ0) is 22.2. The third-order valence-electron chi connectivity index (χ3n) is 5.59. The van der Waals surface area contributed by atoms with Gasteiger partial charge in [0.15, 0.2) is 0 Å². The van der Waals surface area contributed by atoms with Gasteiger partial charge < -0.3 is 9.31 Å². The van der Waals surface area contributed by atoms with Crippen LogP contribution in [0.3, 0.4) is 0 Å². The van der Waals surface area contributed by atoms with E-state index < -0.39 is 18.3 Å². The van der Waals surface area contributed by atoms with Gasteiger partial charge in [-0.25, -0.2) is 8.70 Å². The van der Waals surface area contributed by atoms with Crippen LogP contribution in [0.1, 0.15) is 61.0 Å². The molecule has 2 saturated heterocycles. The van der Waals surface area contributed by atoms with Crippen LogP contribution in [0.15, 0.2) is 18.2 Å². The van der Waals surface area contributed by atoms with Crippen molar-refractivity contribution in [3.8, 4) is 0 Å². The quantitative estimate of drug-likeness (QED) is 0.519. The van der Waals surface area contributed by atoms with E-state index in [0.717, 1.165) is 37.2 Å². The van der Waals surface area contributed by atoms with E-state index in [2.05, 4.69) is 15.5 Å². The molecule has 2 fully saturated rings. The Labute approximate surface area is 182 Å². The number of piperazine rings is 1. The molecule has 0 aliphatic carbocycles. The maximum absolute atomic E-state index is 14.6. The molecule has 0 atom stereocenters. The summed E-state index contributed by atoms with van der Waals surface area (Å²) in [7, 11) is -0.515. The Kier molecular flexibility index (Phi) is 10.7. The second kappa shape index (κ2) is 11.7. The first kappa shape index (κ1) is 26.4. The van der Waals surface area contributed by atoms with Crippen molar-refractivity contribution in [2.45, 2.75) is 73.1 Å². The molecular weight excluding hydrogens is 386 g/mol. The summed E-state index contributed by atoms with van der Waals surface area (Å²) in [5.41, 5.74) is 0.651. The highest BCUT2D eigenvalue weighted by atomic mass is 32.2. The summed E-state index contributed by atoms with van der Waals surface area (Å²) in [6.45, 7) is 20.7. The van der Waals surface area contributed by atoms with Crippen LogP contribution in [0.2, 0.25) is 0 Å². The number of hydrogen-bond donors (Lipinski definition) is 0. The molecule has 0 spiro atoms. The molecule has 0 N–H and O–H groups in total. The zero-order valence-electron chi connectivity index (χ0n) is 19.8. The fraction of sp³-hybridized carbons (Fsp3) is 0.727. The van der Waals surface area contributed by atoms with Crippen LogP contribution >= 0.6 is 11.9 Å². The molecule has 2 heterocycles. The molecule has 29 heavy (non-hydrogen) atoms. The molecule has 0 aromatic heterocycles. The van der Waals surface area contributed by atoms with Crippen LogP contribution in [-0.2, 0) is 15.9 Å². The van der Waals surface area contributed by atoms with Crippen molar-refractivity contribution in [1.29, 1.82) is 0 Å². The molecule has 1 aromatic rings. The average molecular weight is 426 g/mol. The van der Waals surface area contributed by atoms with E-state index in [-0.39, 0.29) is 5.82 Å². The van der Waals surface area contributed by atoms with Gasteiger partial charge in [-0.3, -0.25) is 4.90 Å². The standard InChI is InChI=1S/C18H28BFN2O2S.2C2H6/c1-17(2)18(3,4)24-19(23-17)15-7-6-14(16(20)12-15)13-21-8-10-22(25-5)11-9-21;2*1-2/h6-7,12H,8-11,13H2,1-5H3;2*1-2H3. The normalized spacial score (nSPS) is 21.1. The minimum Gasteiger partial charge on any atom is -0.399 e. The Bertz CT molecular complexity index is 607. The Morgan fingerprint density at radius 2 is 1.48 bits per heavy atom. The summed E-state index contributed by atoms with van der Waals surface area (Å²) in [6, 6.07) is 5.37. The van der Waals surface area contributed by atoms with Gasteiger partial charge in [-0.1, -0.05) is 51.8 Å². The van der Waals surface area contributed by atoms with Crippen molar-refractivity contribution in [3.63, 3.8) is 0 Å². The Morgan fingerprint density at radius 1 is 0.966 bits per heavy atom. The number of halogens is 1. The van der Waals surface area contributed by atoms with Gasteiger partial charge in [0.25, 0.3) is 0 Å². The molecule has 0 amide bonds. The van der Waals surface area contributed by atoms with Gasteiger partial charge in [0, 0.05) is 38.3 Å². The van der Waals surface area contributed by atoms with E-state index in [9.17, 15) is 4.39 Å². The van der Waals surface area contributed by atoms with Crippen molar-refractivity contribution in [3.05, 3.63) is 29.6 Å². The van der Waals surface area contributed by atoms with Crippen LogP contribution in [0, 0.1) is 5.82 Å². The lowest BCUT2D eigenvalue weighted by Gasteiger charge is -2.33. The first-order valence-corrected chi connectivity index (χ1v) is 12.1. The van der Waals surface area contributed by atoms with E-state index in [0.29, 0.717) is 6.54 Å². The average Bonchev–Trinajstić information content (AvgIpc) is 2.94. The predicted octanol–water partition coefficient (Wildman–Crippen LogP) is 4.57. The fourth-order valence-corrected chi connectivity index (χ4v) is 3.66. The lowest BCUT2D eigenvalue weighted by atomic mass is 9.78. The van der Waals surface area contributed by atoms with Gasteiger partial charge in [-0.05, 0) is 45.5 Å². The minimum atomic E-state index is -0.515. The van der Waals surface area contributed by atoms with Crippen LogP contribution in [-0.4, -0.2) is 60.0 Å². The zero-order valence-corrected chi connectivity index (χ0v) is 20.7. The first-order valence-electron chi connectivity index (χ1n) is 10.9. The maximum atomic E-state index is 14.6. The SMILES string of the molecule is CC.CC.CSN1CCN(Cc2ccc(B3OC(C)(C)C(C)(C)O3)cc2F)CC1. The van der Waals surface area contributed by atoms with Crippen molar-refractivity contribution >= 4 is 24.5 Å². The van der Waals surface area contributed by atoms with Crippen LogP contribution in [0.4, 0.5) is 4.39 Å². The van der Waals surface area contributed by atoms with Crippen LogP contribution < -0.4 is 5.46 Å². The molecule has 0 radical (unpaired) electrons. The smallest absolute Gasteiger partial charge is 0.399 e. The lowest BCUT2D eigenvalue weighted by molar-refractivity contribution is 0.00578. The van der Waals surface area contributed by atoms with Gasteiger partial charge in [-0.15, -0.1) is 0 Å². The van der Waals surface area contributed by atoms with Crippen molar-refractivity contribution in [2.75, 3.05) is 32.4 Å². The highest BCUT2D eigenvalue weighted by Crippen LogP contribution is 2.36. The molecule has 0 bridgehead atoms. The van der Waals surface area contributed by atoms with E-state index in [1.807, 2.05) is 67.5 Å². The van der Waals surface area contributed by atoms with E-state index in [1.54, 1.807) is 18.0 Å². The van der Waals surface area contributed by atoms with Crippen LogP contribution in [0.5, 0.6) is 0 Å². The molecule has 1 aromatic carbocycles. The van der Waals surface area contributed by atoms with Crippen molar-refractivity contribution < 1.29 is 13.7 Å². The van der Waals surface area contributed by atoms with E-state index >= 15 is 0 Å². The van der Waals surface area contributed by atoms with E-state index in [4.69, 9.17) is 9.31 Å². The highest BCUT2D eigenvalue weighted by Gasteiger charge is 2.51. The molecule has 4 nitrogen and oxygen atoms in total. The van der Waals surface area contributed by atoms with Gasteiger partial charge in [0.05, 0.1) is 11.2 Å². The number of nitrogens with zero attached hydrogens (tertiary/aromatic N) is 2. The summed E-state index contributed by atoms with van der Waals surface area (Å²) in [5.74, 6) is -0.181. The molecule has 0 unspecified atom stereocenters. The molecule has 7 heteroatoms. The van der Waals surface area contributed by atoms with Crippen molar-refractivity contribution in [1.82, 2.24) is 9.21 Å². The largest absolute Gasteiger partial charge is 0.494 e. The van der Waals surface area contributed by atoms with Gasteiger partial charge >= 0.3 is 7.12 Å². The Hall–Kier alpha value is -0.595. The molecule has 2 aliphatic rings. The monoisotopic (exact) mass is 426 g/mol. The Balaban J connectivity index is 0.000000989. The van der Waals surface area contributed by atoms with Gasteiger partial charge in [-0.2, -0.15) is 0 Å². The van der Waals surface area contributed by atoms with E-state index in [1.165, 1.54) is 0 Å². The summed E-state index contributed by atoms with van der Waals surface area (Å²) in [5, 5.41) is 0.